The minimum absolute atomic E-state index is 0.199. The second kappa shape index (κ2) is 6.98. The van der Waals surface area contributed by atoms with Crippen LogP contribution in [0.25, 0.3) is 4.96 Å². The lowest BCUT2D eigenvalue weighted by molar-refractivity contribution is 0.347. The van der Waals surface area contributed by atoms with E-state index >= 15 is 0 Å². The summed E-state index contributed by atoms with van der Waals surface area (Å²) in [7, 11) is 4.74. The van der Waals surface area contributed by atoms with Gasteiger partial charge in [-0.05, 0) is 13.0 Å². The Kier molecular flexibility index (Phi) is 4.75. The molecule has 0 saturated heterocycles. The van der Waals surface area contributed by atoms with E-state index in [1.54, 1.807) is 34.3 Å². The van der Waals surface area contributed by atoms with Crippen molar-refractivity contribution in [2.45, 2.75) is 13.5 Å². The normalized spacial score (nSPS) is 10.7. The molecule has 1 N–H and O–H groups in total. The van der Waals surface area contributed by atoms with Crippen molar-refractivity contribution in [2.24, 2.45) is 0 Å². The smallest absolute Gasteiger partial charge is 0.275 e. The molecule has 0 unspecified atom stereocenters. The van der Waals surface area contributed by atoms with Crippen molar-refractivity contribution >= 4 is 21.4 Å². The highest BCUT2D eigenvalue weighted by Crippen LogP contribution is 2.35. The van der Waals surface area contributed by atoms with Gasteiger partial charge in [0.15, 0.2) is 11.5 Å². The summed E-state index contributed by atoms with van der Waals surface area (Å²) in [5.74, 6) is 1.87. The summed E-state index contributed by atoms with van der Waals surface area (Å²) in [5, 5.41) is 8.03. The molecular formula is C16H18N4O4S. The number of hydrogen-bond donors (Lipinski definition) is 1. The van der Waals surface area contributed by atoms with Gasteiger partial charge in [-0.3, -0.25) is 4.79 Å². The minimum Gasteiger partial charge on any atom is -0.496 e. The van der Waals surface area contributed by atoms with Gasteiger partial charge in [0, 0.05) is 29.9 Å². The maximum absolute atomic E-state index is 11.9. The number of nitrogens with zero attached hydrogens (tertiary/aromatic N) is 3. The molecule has 1 aromatic carbocycles. The van der Waals surface area contributed by atoms with Gasteiger partial charge in [-0.15, -0.1) is 5.10 Å². The zero-order valence-corrected chi connectivity index (χ0v) is 15.1. The van der Waals surface area contributed by atoms with E-state index in [2.05, 4.69) is 15.4 Å². The summed E-state index contributed by atoms with van der Waals surface area (Å²) in [5.41, 5.74) is 1.34. The molecule has 9 heteroatoms. The molecule has 0 amide bonds. The molecule has 3 rings (SSSR count). The predicted octanol–water partition coefficient (Wildman–Crippen LogP) is 2.10. The molecule has 0 aliphatic carbocycles. The fourth-order valence-corrected chi connectivity index (χ4v) is 3.24. The van der Waals surface area contributed by atoms with E-state index in [4.69, 9.17) is 14.2 Å². The van der Waals surface area contributed by atoms with Gasteiger partial charge in [0.1, 0.15) is 5.75 Å². The van der Waals surface area contributed by atoms with Crippen molar-refractivity contribution in [3.63, 3.8) is 0 Å². The number of nitrogens with one attached hydrogen (secondary N) is 1. The molecule has 0 fully saturated rings. The third-order valence-electron chi connectivity index (χ3n) is 3.59. The summed E-state index contributed by atoms with van der Waals surface area (Å²) >= 11 is 1.31. The number of rotatable bonds is 6. The highest BCUT2D eigenvalue weighted by molar-refractivity contribution is 7.20. The molecular weight excluding hydrogens is 344 g/mol. The Labute approximate surface area is 148 Å². The molecule has 0 radical (unpaired) electrons. The van der Waals surface area contributed by atoms with Crippen molar-refractivity contribution in [3.05, 3.63) is 39.8 Å². The van der Waals surface area contributed by atoms with Crippen molar-refractivity contribution < 1.29 is 14.2 Å². The first-order chi connectivity index (χ1) is 12.0. The molecule has 132 valence electrons. The number of methoxy groups -OCH3 is 3. The summed E-state index contributed by atoms with van der Waals surface area (Å²) in [4.78, 5) is 16.8. The number of ether oxygens (including phenoxy) is 3. The lowest BCUT2D eigenvalue weighted by Gasteiger charge is -2.14. The Morgan fingerprint density at radius 1 is 1.08 bits per heavy atom. The van der Waals surface area contributed by atoms with E-state index in [1.165, 1.54) is 21.9 Å². The quantitative estimate of drug-likeness (QED) is 0.718. The highest BCUT2D eigenvalue weighted by atomic mass is 32.1. The lowest BCUT2D eigenvalue weighted by atomic mass is 10.1. The van der Waals surface area contributed by atoms with Gasteiger partial charge in [-0.25, -0.2) is 4.98 Å². The molecule has 25 heavy (non-hydrogen) atoms. The molecule has 0 saturated carbocycles. The van der Waals surface area contributed by atoms with E-state index in [0.29, 0.717) is 39.6 Å². The summed E-state index contributed by atoms with van der Waals surface area (Å²) in [6.45, 7) is 2.22. The zero-order chi connectivity index (χ0) is 18.0. The van der Waals surface area contributed by atoms with Gasteiger partial charge in [0.2, 0.25) is 10.1 Å². The number of aryl methyl sites for hydroxylation is 1. The monoisotopic (exact) mass is 362 g/mol. The number of anilines is 1. The average Bonchev–Trinajstić information content (AvgIpc) is 3.02. The molecule has 0 aliphatic heterocycles. The van der Waals surface area contributed by atoms with E-state index in [9.17, 15) is 4.79 Å². The summed E-state index contributed by atoms with van der Waals surface area (Å²) in [6, 6.07) is 5.06. The molecule has 0 aliphatic rings. The number of fused-ring (bicyclic) bond motifs is 1. The Morgan fingerprint density at radius 3 is 2.44 bits per heavy atom. The van der Waals surface area contributed by atoms with Crippen molar-refractivity contribution in [1.82, 2.24) is 14.6 Å². The highest BCUT2D eigenvalue weighted by Gasteiger charge is 2.13. The largest absolute Gasteiger partial charge is 0.496 e. The van der Waals surface area contributed by atoms with Crippen LogP contribution in [0.4, 0.5) is 5.13 Å². The van der Waals surface area contributed by atoms with Gasteiger partial charge >= 0.3 is 0 Å². The predicted molar refractivity (Wildman–Crippen MR) is 95.3 cm³/mol. The van der Waals surface area contributed by atoms with E-state index in [-0.39, 0.29) is 5.56 Å². The lowest BCUT2D eigenvalue weighted by Crippen LogP contribution is -2.14. The topological polar surface area (TPSA) is 87.0 Å². The van der Waals surface area contributed by atoms with Crippen LogP contribution in [0.3, 0.4) is 0 Å². The average molecular weight is 362 g/mol. The fraction of sp³-hybridized carbons (Fsp3) is 0.312. The van der Waals surface area contributed by atoms with Crippen LogP contribution >= 0.6 is 11.3 Å². The first kappa shape index (κ1) is 17.0. The third-order valence-corrected chi connectivity index (χ3v) is 4.46. The summed E-state index contributed by atoms with van der Waals surface area (Å²) in [6.07, 6.45) is 0. The molecule has 0 bridgehead atoms. The Morgan fingerprint density at radius 2 is 1.76 bits per heavy atom. The van der Waals surface area contributed by atoms with Gasteiger partial charge in [-0.1, -0.05) is 11.3 Å². The van der Waals surface area contributed by atoms with Crippen LogP contribution in [0.1, 0.15) is 11.3 Å². The van der Waals surface area contributed by atoms with E-state index in [1.807, 2.05) is 6.07 Å². The van der Waals surface area contributed by atoms with Crippen LogP contribution in [-0.2, 0) is 6.54 Å². The minimum atomic E-state index is -0.199. The van der Waals surface area contributed by atoms with E-state index in [0.717, 1.165) is 5.56 Å². The molecule has 0 spiro atoms. The van der Waals surface area contributed by atoms with Crippen molar-refractivity contribution in [1.29, 1.82) is 0 Å². The fourth-order valence-electron chi connectivity index (χ4n) is 2.39. The van der Waals surface area contributed by atoms with Crippen LogP contribution in [0.5, 0.6) is 17.2 Å². The molecule has 0 atom stereocenters. The Balaban J connectivity index is 1.88. The summed E-state index contributed by atoms with van der Waals surface area (Å²) < 4.78 is 17.3. The number of hydrogen-bond acceptors (Lipinski definition) is 8. The third kappa shape index (κ3) is 3.36. The maximum Gasteiger partial charge on any atom is 0.275 e. The van der Waals surface area contributed by atoms with E-state index < -0.39 is 0 Å². The first-order valence-corrected chi connectivity index (χ1v) is 8.27. The van der Waals surface area contributed by atoms with Gasteiger partial charge in [0.25, 0.3) is 5.56 Å². The maximum atomic E-state index is 11.9. The second-order valence-corrected chi connectivity index (χ2v) is 6.17. The van der Waals surface area contributed by atoms with Crippen molar-refractivity contribution in [3.8, 4) is 17.2 Å². The zero-order valence-electron chi connectivity index (χ0n) is 14.3. The SMILES string of the molecule is COc1cc(OC)c(OC)cc1CNc1nn2c(=O)cc(C)nc2s1. The van der Waals surface area contributed by atoms with Crippen LogP contribution in [-0.4, -0.2) is 35.9 Å². The number of aromatic nitrogens is 3. The van der Waals surface area contributed by atoms with Gasteiger partial charge in [0.05, 0.1) is 21.3 Å². The van der Waals surface area contributed by atoms with Crippen LogP contribution in [0, 0.1) is 6.92 Å². The van der Waals surface area contributed by atoms with Gasteiger partial charge < -0.3 is 19.5 Å². The Bertz CT molecular complexity index is 967. The van der Waals surface area contributed by atoms with Crippen LogP contribution < -0.4 is 25.1 Å². The molecule has 2 aromatic heterocycles. The molecule has 3 aromatic rings. The Hall–Kier alpha value is -2.81. The standard InChI is InChI=1S/C16H18N4O4S/c1-9-5-14(21)20-16(18-9)25-15(19-20)17-8-10-6-12(23-3)13(24-4)7-11(10)22-2/h5-7H,8H2,1-4H3,(H,17,19). The van der Waals surface area contributed by atoms with Crippen LogP contribution in [0.2, 0.25) is 0 Å². The van der Waals surface area contributed by atoms with Crippen LogP contribution in [0.15, 0.2) is 23.0 Å². The number of benzene rings is 1. The first-order valence-electron chi connectivity index (χ1n) is 7.46. The molecule has 8 nitrogen and oxygen atoms in total. The van der Waals surface area contributed by atoms with Gasteiger partial charge in [-0.2, -0.15) is 4.52 Å². The molecule has 2 heterocycles. The second-order valence-electron chi connectivity index (χ2n) is 5.21. The van der Waals surface area contributed by atoms with Crippen molar-refractivity contribution in [2.75, 3.05) is 26.6 Å².